The monoisotopic (exact) mass is 332 g/mol. The minimum absolute atomic E-state index is 0.179. The minimum atomic E-state index is 0.179. The SMILES string of the molecule is Clc1nccc(Oc2cccc(I)c2)n1. The van der Waals surface area contributed by atoms with Crippen LogP contribution in [0, 0.1) is 3.57 Å². The Morgan fingerprint density at radius 3 is 2.87 bits per heavy atom. The summed E-state index contributed by atoms with van der Waals surface area (Å²) in [6.45, 7) is 0. The number of halogens is 2. The van der Waals surface area contributed by atoms with Crippen molar-refractivity contribution in [3.63, 3.8) is 0 Å². The fraction of sp³-hybridized carbons (Fsp3) is 0. The maximum atomic E-state index is 5.64. The maximum absolute atomic E-state index is 5.64. The number of ether oxygens (including phenoxy) is 1. The summed E-state index contributed by atoms with van der Waals surface area (Å²) in [6.07, 6.45) is 1.55. The van der Waals surface area contributed by atoms with E-state index in [1.807, 2.05) is 24.3 Å². The number of rotatable bonds is 2. The highest BCUT2D eigenvalue weighted by molar-refractivity contribution is 14.1. The van der Waals surface area contributed by atoms with Crippen molar-refractivity contribution in [3.05, 3.63) is 45.4 Å². The second-order valence-corrected chi connectivity index (χ2v) is 4.31. The van der Waals surface area contributed by atoms with Gasteiger partial charge in [-0.15, -0.1) is 0 Å². The Bertz CT molecular complexity index is 435. The molecule has 2 rings (SSSR count). The van der Waals surface area contributed by atoms with Crippen molar-refractivity contribution in [1.29, 1.82) is 0 Å². The fourth-order valence-corrected chi connectivity index (χ4v) is 1.68. The molecule has 1 aromatic carbocycles. The molecule has 2 aromatic rings. The molecule has 1 aromatic heterocycles. The highest BCUT2D eigenvalue weighted by Crippen LogP contribution is 2.21. The third-order valence-corrected chi connectivity index (χ3v) is 2.47. The number of hydrogen-bond donors (Lipinski definition) is 0. The molecular formula is C10H6ClIN2O. The van der Waals surface area contributed by atoms with Crippen molar-refractivity contribution in [1.82, 2.24) is 9.97 Å². The zero-order valence-corrected chi connectivity index (χ0v) is 10.4. The first-order valence-corrected chi connectivity index (χ1v) is 5.62. The van der Waals surface area contributed by atoms with Crippen LogP contribution in [0.3, 0.4) is 0 Å². The van der Waals surface area contributed by atoms with Gasteiger partial charge in [-0.1, -0.05) is 6.07 Å². The van der Waals surface area contributed by atoms with E-state index in [9.17, 15) is 0 Å². The van der Waals surface area contributed by atoms with Gasteiger partial charge in [0.25, 0.3) is 0 Å². The summed E-state index contributed by atoms with van der Waals surface area (Å²) in [5.41, 5.74) is 0. The Labute approximate surface area is 106 Å². The van der Waals surface area contributed by atoms with Crippen LogP contribution in [-0.4, -0.2) is 9.97 Å². The summed E-state index contributed by atoms with van der Waals surface area (Å²) in [5.74, 6) is 1.17. The highest BCUT2D eigenvalue weighted by atomic mass is 127. The lowest BCUT2D eigenvalue weighted by atomic mass is 10.3. The molecule has 0 saturated carbocycles. The molecule has 0 saturated heterocycles. The standard InChI is InChI=1S/C10H6ClIN2O/c11-10-13-5-4-9(14-10)15-8-3-1-2-7(12)6-8/h1-6H. The Kier molecular flexibility index (Phi) is 3.37. The average Bonchev–Trinajstić information content (AvgIpc) is 2.17. The van der Waals surface area contributed by atoms with Crippen LogP contribution in [-0.2, 0) is 0 Å². The zero-order valence-electron chi connectivity index (χ0n) is 7.52. The molecule has 5 heteroatoms. The van der Waals surface area contributed by atoms with E-state index in [2.05, 4.69) is 32.6 Å². The number of nitrogens with zero attached hydrogens (tertiary/aromatic N) is 2. The first-order chi connectivity index (χ1) is 7.24. The van der Waals surface area contributed by atoms with Crippen LogP contribution in [0.25, 0.3) is 0 Å². The molecule has 76 valence electrons. The average molecular weight is 333 g/mol. The molecule has 0 unspecified atom stereocenters. The van der Waals surface area contributed by atoms with Crippen LogP contribution in [0.15, 0.2) is 36.5 Å². The van der Waals surface area contributed by atoms with Crippen LogP contribution < -0.4 is 4.74 Å². The number of hydrogen-bond acceptors (Lipinski definition) is 3. The molecule has 1 heterocycles. The molecule has 0 radical (unpaired) electrons. The lowest BCUT2D eigenvalue weighted by Gasteiger charge is -2.04. The molecular weight excluding hydrogens is 326 g/mol. The second kappa shape index (κ2) is 4.76. The van der Waals surface area contributed by atoms with Crippen LogP contribution in [0.5, 0.6) is 11.6 Å². The van der Waals surface area contributed by atoms with Gasteiger partial charge >= 0.3 is 0 Å². The minimum Gasteiger partial charge on any atom is -0.439 e. The molecule has 15 heavy (non-hydrogen) atoms. The van der Waals surface area contributed by atoms with Gasteiger partial charge in [0.05, 0.1) is 0 Å². The molecule has 0 aliphatic carbocycles. The summed E-state index contributed by atoms with van der Waals surface area (Å²) in [5, 5.41) is 0.179. The van der Waals surface area contributed by atoms with Gasteiger partial charge in [0.2, 0.25) is 11.2 Å². The van der Waals surface area contributed by atoms with Crippen molar-refractivity contribution in [2.45, 2.75) is 0 Å². The quantitative estimate of drug-likeness (QED) is 0.623. The molecule has 0 bridgehead atoms. The van der Waals surface area contributed by atoms with E-state index in [1.165, 1.54) is 0 Å². The van der Waals surface area contributed by atoms with E-state index in [1.54, 1.807) is 12.3 Å². The summed E-state index contributed by atoms with van der Waals surface area (Å²) < 4.78 is 6.60. The Balaban J connectivity index is 2.22. The lowest BCUT2D eigenvalue weighted by molar-refractivity contribution is 0.461. The van der Waals surface area contributed by atoms with E-state index in [4.69, 9.17) is 16.3 Å². The normalized spacial score (nSPS) is 10.0. The summed E-state index contributed by atoms with van der Waals surface area (Å²) >= 11 is 7.85. The van der Waals surface area contributed by atoms with E-state index >= 15 is 0 Å². The molecule has 0 aliphatic rings. The summed E-state index contributed by atoms with van der Waals surface area (Å²) in [4.78, 5) is 7.70. The first kappa shape index (κ1) is 10.6. The van der Waals surface area contributed by atoms with Crippen LogP contribution in [0.2, 0.25) is 5.28 Å². The van der Waals surface area contributed by atoms with Gasteiger partial charge in [0.1, 0.15) is 5.75 Å². The second-order valence-electron chi connectivity index (χ2n) is 2.72. The van der Waals surface area contributed by atoms with Gasteiger partial charge in [-0.05, 0) is 52.4 Å². The van der Waals surface area contributed by atoms with Gasteiger partial charge in [-0.2, -0.15) is 4.98 Å². The molecule has 0 fully saturated rings. The van der Waals surface area contributed by atoms with Crippen molar-refractivity contribution in [2.24, 2.45) is 0 Å². The largest absolute Gasteiger partial charge is 0.439 e. The fourth-order valence-electron chi connectivity index (χ4n) is 1.03. The zero-order chi connectivity index (χ0) is 10.7. The molecule has 0 spiro atoms. The third kappa shape index (κ3) is 3.04. The maximum Gasteiger partial charge on any atom is 0.225 e. The van der Waals surface area contributed by atoms with Gasteiger partial charge in [-0.25, -0.2) is 4.98 Å². The van der Waals surface area contributed by atoms with E-state index in [-0.39, 0.29) is 5.28 Å². The van der Waals surface area contributed by atoms with Crippen molar-refractivity contribution in [3.8, 4) is 11.6 Å². The Morgan fingerprint density at radius 1 is 1.27 bits per heavy atom. The summed E-state index contributed by atoms with van der Waals surface area (Å²) in [6, 6.07) is 9.33. The molecule has 0 amide bonds. The van der Waals surface area contributed by atoms with E-state index in [0.29, 0.717) is 5.88 Å². The first-order valence-electron chi connectivity index (χ1n) is 4.16. The summed E-state index contributed by atoms with van der Waals surface area (Å²) in [7, 11) is 0. The topological polar surface area (TPSA) is 35.0 Å². The van der Waals surface area contributed by atoms with Crippen LogP contribution >= 0.6 is 34.2 Å². The van der Waals surface area contributed by atoms with Crippen molar-refractivity contribution >= 4 is 34.2 Å². The van der Waals surface area contributed by atoms with Gasteiger partial charge in [0, 0.05) is 15.8 Å². The molecule has 0 N–H and O–H groups in total. The number of benzene rings is 1. The van der Waals surface area contributed by atoms with E-state index < -0.39 is 0 Å². The smallest absolute Gasteiger partial charge is 0.225 e. The van der Waals surface area contributed by atoms with Gasteiger partial charge in [0.15, 0.2) is 0 Å². The van der Waals surface area contributed by atoms with Crippen molar-refractivity contribution < 1.29 is 4.74 Å². The number of aromatic nitrogens is 2. The highest BCUT2D eigenvalue weighted by Gasteiger charge is 2.00. The van der Waals surface area contributed by atoms with Crippen LogP contribution in [0.4, 0.5) is 0 Å². The predicted molar refractivity (Wildman–Crippen MR) is 66.3 cm³/mol. The Hall–Kier alpha value is -0.880. The molecule has 0 atom stereocenters. The third-order valence-electron chi connectivity index (χ3n) is 1.62. The van der Waals surface area contributed by atoms with Gasteiger partial charge in [-0.3, -0.25) is 0 Å². The van der Waals surface area contributed by atoms with Gasteiger partial charge < -0.3 is 4.74 Å². The predicted octanol–water partition coefficient (Wildman–Crippen LogP) is 3.53. The lowest BCUT2D eigenvalue weighted by Crippen LogP contribution is -1.89. The Morgan fingerprint density at radius 2 is 2.13 bits per heavy atom. The van der Waals surface area contributed by atoms with Crippen molar-refractivity contribution in [2.75, 3.05) is 0 Å². The van der Waals surface area contributed by atoms with Crippen LogP contribution in [0.1, 0.15) is 0 Å². The molecule has 0 aliphatic heterocycles. The van der Waals surface area contributed by atoms with E-state index in [0.717, 1.165) is 9.32 Å². The molecule has 3 nitrogen and oxygen atoms in total.